The zero-order valence-corrected chi connectivity index (χ0v) is 19.6. The van der Waals surface area contributed by atoms with Crippen molar-refractivity contribution in [3.8, 4) is 5.69 Å². The zero-order valence-electron chi connectivity index (χ0n) is 18.0. The molecule has 170 valence electrons. The summed E-state index contributed by atoms with van der Waals surface area (Å²) in [6, 6.07) is 13.9. The van der Waals surface area contributed by atoms with Crippen molar-refractivity contribution in [2.75, 3.05) is 5.75 Å². The maximum Gasteiger partial charge on any atom is 0.344 e. The lowest BCUT2D eigenvalue weighted by molar-refractivity contribution is -0.138. The Morgan fingerprint density at radius 3 is 2.67 bits per heavy atom. The predicted octanol–water partition coefficient (Wildman–Crippen LogP) is 3.81. The summed E-state index contributed by atoms with van der Waals surface area (Å²) in [5, 5.41) is 4.71. The van der Waals surface area contributed by atoms with Crippen molar-refractivity contribution in [1.29, 1.82) is 0 Å². The average molecular weight is 484 g/mol. The highest BCUT2D eigenvalue weighted by atomic mass is 35.5. The Balaban J connectivity index is 1.45. The maximum atomic E-state index is 13.1. The van der Waals surface area contributed by atoms with Crippen LogP contribution in [0.25, 0.3) is 5.69 Å². The van der Waals surface area contributed by atoms with Gasteiger partial charge in [-0.15, -0.1) is 0 Å². The van der Waals surface area contributed by atoms with Crippen LogP contribution >= 0.6 is 23.4 Å². The lowest BCUT2D eigenvalue weighted by atomic mass is 9.87. The third-order valence-electron chi connectivity index (χ3n) is 5.56. The number of thioether (sulfide) groups is 1. The van der Waals surface area contributed by atoms with Crippen LogP contribution < -0.4 is 10.7 Å². The molecular weight excluding hydrogens is 462 g/mol. The van der Waals surface area contributed by atoms with Gasteiger partial charge in [0.2, 0.25) is 5.91 Å². The summed E-state index contributed by atoms with van der Waals surface area (Å²) in [7, 11) is 0. The van der Waals surface area contributed by atoms with Gasteiger partial charge < -0.3 is 5.32 Å². The Hall–Kier alpha value is -3.30. The van der Waals surface area contributed by atoms with Crippen LogP contribution in [-0.4, -0.2) is 38.2 Å². The van der Waals surface area contributed by atoms with E-state index in [-0.39, 0.29) is 5.75 Å². The number of carbonyl (C=O) groups excluding carboxylic acids is 3. The molecule has 0 saturated carbocycles. The van der Waals surface area contributed by atoms with Gasteiger partial charge in [0, 0.05) is 17.4 Å². The molecule has 1 aliphatic heterocycles. The SMILES string of the molecule is CCC1(c2ccccc2)NC(=O)N(NC(=O)CSc2nccn2-c2cccc(Cl)c2C)C1=O. The van der Waals surface area contributed by atoms with Crippen LogP contribution in [0, 0.1) is 6.92 Å². The minimum Gasteiger partial charge on any atom is -0.318 e. The first kappa shape index (κ1) is 22.9. The molecule has 2 N–H and O–H groups in total. The predicted molar refractivity (Wildman–Crippen MR) is 126 cm³/mol. The van der Waals surface area contributed by atoms with Crippen LogP contribution in [0.1, 0.15) is 24.5 Å². The number of nitrogens with one attached hydrogen (secondary N) is 2. The molecule has 8 nitrogen and oxygen atoms in total. The molecule has 4 amide bonds. The topological polar surface area (TPSA) is 96.3 Å². The summed E-state index contributed by atoms with van der Waals surface area (Å²) >= 11 is 7.42. The fraction of sp³-hybridized carbons (Fsp3) is 0.217. The van der Waals surface area contributed by atoms with Crippen molar-refractivity contribution in [2.45, 2.75) is 31.0 Å². The van der Waals surface area contributed by atoms with E-state index in [0.29, 0.717) is 22.2 Å². The van der Waals surface area contributed by atoms with E-state index >= 15 is 0 Å². The number of nitrogens with zero attached hydrogens (tertiary/aromatic N) is 3. The highest BCUT2D eigenvalue weighted by molar-refractivity contribution is 7.99. The normalized spacial score (nSPS) is 17.8. The van der Waals surface area contributed by atoms with Crippen LogP contribution in [0.2, 0.25) is 5.02 Å². The maximum absolute atomic E-state index is 13.1. The zero-order chi connectivity index (χ0) is 23.6. The second-order valence-corrected chi connectivity index (χ2v) is 8.83. The second kappa shape index (κ2) is 9.29. The van der Waals surface area contributed by atoms with Crippen molar-refractivity contribution < 1.29 is 14.4 Å². The van der Waals surface area contributed by atoms with Gasteiger partial charge in [-0.2, -0.15) is 5.01 Å². The molecule has 10 heteroatoms. The third kappa shape index (κ3) is 4.21. The molecule has 3 aromatic rings. The van der Waals surface area contributed by atoms with E-state index in [4.69, 9.17) is 11.6 Å². The number of imidazole rings is 1. The van der Waals surface area contributed by atoms with E-state index in [1.807, 2.05) is 42.7 Å². The molecule has 4 rings (SSSR count). The molecule has 33 heavy (non-hydrogen) atoms. The summed E-state index contributed by atoms with van der Waals surface area (Å²) in [5.41, 5.74) is 3.63. The van der Waals surface area contributed by atoms with Gasteiger partial charge in [0.25, 0.3) is 5.91 Å². The molecule has 0 bridgehead atoms. The van der Waals surface area contributed by atoms with Gasteiger partial charge >= 0.3 is 6.03 Å². The van der Waals surface area contributed by atoms with Crippen LogP contribution in [0.15, 0.2) is 66.1 Å². The van der Waals surface area contributed by atoms with Gasteiger partial charge in [0.1, 0.15) is 5.54 Å². The number of urea groups is 1. The fourth-order valence-corrected chi connectivity index (χ4v) is 4.69. The molecule has 0 aliphatic carbocycles. The number of halogens is 1. The Labute approximate surface area is 200 Å². The van der Waals surface area contributed by atoms with Gasteiger partial charge in [-0.3, -0.25) is 19.6 Å². The van der Waals surface area contributed by atoms with Crippen molar-refractivity contribution >= 4 is 41.2 Å². The van der Waals surface area contributed by atoms with Gasteiger partial charge in [-0.25, -0.2) is 9.78 Å². The van der Waals surface area contributed by atoms with E-state index in [2.05, 4.69) is 15.7 Å². The fourth-order valence-electron chi connectivity index (χ4n) is 3.76. The lowest BCUT2D eigenvalue weighted by Crippen LogP contribution is -2.49. The van der Waals surface area contributed by atoms with Crippen molar-refractivity contribution in [2.24, 2.45) is 0 Å². The molecule has 2 heterocycles. The lowest BCUT2D eigenvalue weighted by Gasteiger charge is -2.25. The van der Waals surface area contributed by atoms with E-state index < -0.39 is 23.4 Å². The van der Waals surface area contributed by atoms with Gasteiger partial charge in [0.15, 0.2) is 5.16 Å². The van der Waals surface area contributed by atoms with Gasteiger partial charge in [-0.1, -0.05) is 66.7 Å². The number of imide groups is 1. The monoisotopic (exact) mass is 483 g/mol. The summed E-state index contributed by atoms with van der Waals surface area (Å²) in [4.78, 5) is 42.6. The van der Waals surface area contributed by atoms with E-state index in [0.717, 1.165) is 16.3 Å². The first-order valence-electron chi connectivity index (χ1n) is 10.3. The van der Waals surface area contributed by atoms with E-state index in [1.54, 1.807) is 36.7 Å². The Kier molecular flexibility index (Phi) is 6.44. The second-order valence-electron chi connectivity index (χ2n) is 7.48. The first-order chi connectivity index (χ1) is 15.9. The summed E-state index contributed by atoms with van der Waals surface area (Å²) < 4.78 is 1.84. The molecule has 0 spiro atoms. The van der Waals surface area contributed by atoms with Crippen LogP contribution in [-0.2, 0) is 15.1 Å². The molecule has 1 saturated heterocycles. The number of aromatic nitrogens is 2. The largest absolute Gasteiger partial charge is 0.344 e. The van der Waals surface area contributed by atoms with Crippen molar-refractivity contribution in [3.63, 3.8) is 0 Å². The van der Waals surface area contributed by atoms with Crippen LogP contribution in [0.5, 0.6) is 0 Å². The molecular formula is C23H22ClN5O3S. The summed E-state index contributed by atoms with van der Waals surface area (Å²) in [6.45, 7) is 3.72. The molecule has 1 aliphatic rings. The molecule has 2 aromatic carbocycles. The molecule has 1 unspecified atom stereocenters. The smallest absolute Gasteiger partial charge is 0.318 e. The summed E-state index contributed by atoms with van der Waals surface area (Å²) in [5.74, 6) is -1.06. The standard InChI is InChI=1S/C23H22ClN5O3S/c1-3-23(16-8-5-4-6-9-16)20(31)29(21(32)26-23)27-19(30)14-33-22-25-12-13-28(22)18-11-7-10-17(24)15(18)2/h4-13H,3,14H2,1-2H3,(H,26,32)(H,27,30). The molecule has 1 fully saturated rings. The number of hydrogen-bond donors (Lipinski definition) is 2. The Bertz CT molecular complexity index is 1220. The van der Waals surface area contributed by atoms with Gasteiger partial charge in [-0.05, 0) is 36.6 Å². The number of hydrazine groups is 1. The number of rotatable bonds is 7. The van der Waals surface area contributed by atoms with Crippen LogP contribution in [0.3, 0.4) is 0 Å². The van der Waals surface area contributed by atoms with E-state index in [1.165, 1.54) is 11.8 Å². The average Bonchev–Trinajstić information content (AvgIpc) is 3.38. The molecule has 1 atom stereocenters. The van der Waals surface area contributed by atoms with Crippen LogP contribution in [0.4, 0.5) is 4.79 Å². The number of carbonyl (C=O) groups is 3. The number of hydrogen-bond acceptors (Lipinski definition) is 5. The first-order valence-corrected chi connectivity index (χ1v) is 11.7. The summed E-state index contributed by atoms with van der Waals surface area (Å²) in [6.07, 6.45) is 3.76. The minimum absolute atomic E-state index is 0.0435. The van der Waals surface area contributed by atoms with Crippen molar-refractivity contribution in [3.05, 3.63) is 77.1 Å². The molecule has 0 radical (unpaired) electrons. The molecule has 1 aromatic heterocycles. The quantitative estimate of drug-likeness (QED) is 0.393. The van der Waals surface area contributed by atoms with E-state index in [9.17, 15) is 14.4 Å². The highest BCUT2D eigenvalue weighted by Crippen LogP contribution is 2.32. The van der Waals surface area contributed by atoms with Gasteiger partial charge in [0.05, 0.1) is 11.4 Å². The number of amides is 4. The Morgan fingerprint density at radius 1 is 1.18 bits per heavy atom. The number of benzene rings is 2. The Morgan fingerprint density at radius 2 is 1.94 bits per heavy atom. The van der Waals surface area contributed by atoms with Crippen molar-refractivity contribution in [1.82, 2.24) is 25.3 Å². The minimum atomic E-state index is -1.21. The highest BCUT2D eigenvalue weighted by Gasteiger charge is 2.52. The third-order valence-corrected chi connectivity index (χ3v) is 6.94.